The largest absolute Gasteiger partial charge is 0.492 e. The molecule has 154 valence electrons. The molecule has 3 aromatic rings. The molecule has 0 spiro atoms. The molecule has 6 heteroatoms. The third-order valence-corrected chi connectivity index (χ3v) is 5.26. The number of aromatic amines is 1. The molecule has 6 nitrogen and oxygen atoms in total. The minimum Gasteiger partial charge on any atom is -0.492 e. The Morgan fingerprint density at radius 3 is 2.07 bits per heavy atom. The van der Waals surface area contributed by atoms with E-state index in [1.165, 1.54) is 32.4 Å². The van der Waals surface area contributed by atoms with Crippen molar-refractivity contribution >= 4 is 0 Å². The number of benzene rings is 1. The molecule has 1 aliphatic rings. The SMILES string of the molecule is c1cc(-c2cnncc(-c3ccc(OCCN4CCCCC4)cc3)c[nH]c2)ccn1. The lowest BCUT2D eigenvalue weighted by molar-refractivity contribution is 0.183. The van der Waals surface area contributed by atoms with Crippen LogP contribution in [0.1, 0.15) is 19.3 Å². The Hall–Kier alpha value is -3.25. The molecule has 1 saturated heterocycles. The maximum atomic E-state index is 5.93. The van der Waals surface area contributed by atoms with Gasteiger partial charge in [-0.3, -0.25) is 9.88 Å². The standard InChI is InChI=1S/C24H27N5O/c1-2-12-29(13-3-1)14-15-30-24-6-4-20(5-7-24)22-16-26-17-23(19-28-27-18-22)21-8-10-25-11-9-21/h4-11,16-19,26H,1-3,12-15H2. The van der Waals surface area contributed by atoms with Crippen molar-refractivity contribution < 1.29 is 4.74 Å². The van der Waals surface area contributed by atoms with Gasteiger partial charge in [-0.25, -0.2) is 0 Å². The molecule has 3 heterocycles. The van der Waals surface area contributed by atoms with E-state index in [9.17, 15) is 0 Å². The number of nitrogens with zero attached hydrogens (tertiary/aromatic N) is 4. The lowest BCUT2D eigenvalue weighted by Crippen LogP contribution is -2.33. The summed E-state index contributed by atoms with van der Waals surface area (Å²) >= 11 is 0. The number of ether oxygens (including phenoxy) is 1. The number of H-pyrrole nitrogens is 1. The van der Waals surface area contributed by atoms with Crippen molar-refractivity contribution in [2.75, 3.05) is 26.2 Å². The maximum absolute atomic E-state index is 5.93. The van der Waals surface area contributed by atoms with Crippen LogP contribution in [0.2, 0.25) is 0 Å². The molecule has 0 unspecified atom stereocenters. The molecule has 2 aromatic heterocycles. The highest BCUT2D eigenvalue weighted by atomic mass is 16.5. The summed E-state index contributed by atoms with van der Waals surface area (Å²) in [6, 6.07) is 12.0. The summed E-state index contributed by atoms with van der Waals surface area (Å²) in [5.74, 6) is 0.891. The van der Waals surface area contributed by atoms with Crippen LogP contribution in [0.15, 0.2) is 73.6 Å². The molecule has 0 bridgehead atoms. The number of aromatic nitrogens is 4. The van der Waals surface area contributed by atoms with Crippen molar-refractivity contribution in [2.24, 2.45) is 0 Å². The first-order chi connectivity index (χ1) is 14.9. The number of pyridine rings is 1. The molecule has 4 rings (SSSR count). The van der Waals surface area contributed by atoms with Crippen LogP contribution in [0.3, 0.4) is 0 Å². The average Bonchev–Trinajstić information content (AvgIpc) is 2.93. The van der Waals surface area contributed by atoms with Crippen LogP contribution in [0.25, 0.3) is 22.3 Å². The Morgan fingerprint density at radius 2 is 1.40 bits per heavy atom. The van der Waals surface area contributed by atoms with Crippen LogP contribution in [0.5, 0.6) is 5.75 Å². The summed E-state index contributed by atoms with van der Waals surface area (Å²) in [5.41, 5.74) is 3.95. The summed E-state index contributed by atoms with van der Waals surface area (Å²) in [6.07, 6.45) is 14.8. The summed E-state index contributed by atoms with van der Waals surface area (Å²) < 4.78 is 5.93. The predicted octanol–water partition coefficient (Wildman–Crippen LogP) is 4.52. The quantitative estimate of drug-likeness (QED) is 0.658. The van der Waals surface area contributed by atoms with E-state index in [0.717, 1.165) is 41.2 Å². The van der Waals surface area contributed by atoms with Gasteiger partial charge in [-0.15, -0.1) is 0 Å². The minimum atomic E-state index is 0.725. The van der Waals surface area contributed by atoms with Gasteiger partial charge in [0, 0.05) is 42.5 Å². The monoisotopic (exact) mass is 401 g/mol. The fraction of sp³-hybridized carbons (Fsp3) is 0.292. The zero-order valence-electron chi connectivity index (χ0n) is 17.1. The molecule has 0 atom stereocenters. The lowest BCUT2D eigenvalue weighted by atomic mass is 10.1. The van der Waals surface area contributed by atoms with Gasteiger partial charge in [0.1, 0.15) is 12.4 Å². The number of hydrogen-bond acceptors (Lipinski definition) is 5. The molecule has 0 aliphatic carbocycles. The van der Waals surface area contributed by atoms with Gasteiger partial charge in [-0.1, -0.05) is 18.6 Å². The second kappa shape index (κ2) is 10.5. The molecule has 0 saturated carbocycles. The van der Waals surface area contributed by atoms with E-state index in [4.69, 9.17) is 4.74 Å². The summed E-state index contributed by atoms with van der Waals surface area (Å²) in [4.78, 5) is 9.78. The lowest BCUT2D eigenvalue weighted by Gasteiger charge is -2.26. The van der Waals surface area contributed by atoms with Gasteiger partial charge < -0.3 is 9.72 Å². The first-order valence-electron chi connectivity index (χ1n) is 10.5. The van der Waals surface area contributed by atoms with E-state index >= 15 is 0 Å². The second-order valence-electron chi connectivity index (χ2n) is 7.37. The van der Waals surface area contributed by atoms with Crippen LogP contribution in [-0.2, 0) is 0 Å². The van der Waals surface area contributed by atoms with Crippen LogP contribution < -0.4 is 4.74 Å². The molecule has 1 fully saturated rings. The van der Waals surface area contributed by atoms with Gasteiger partial charge in [0.15, 0.2) is 0 Å². The minimum absolute atomic E-state index is 0.725. The molecule has 1 N–H and O–H groups in total. The second-order valence-corrected chi connectivity index (χ2v) is 7.37. The number of hydrogen-bond donors (Lipinski definition) is 1. The summed E-state index contributed by atoms with van der Waals surface area (Å²) in [7, 11) is 0. The van der Waals surface area contributed by atoms with Crippen molar-refractivity contribution in [3.05, 3.63) is 73.6 Å². The first kappa shape index (κ1) is 20.0. The van der Waals surface area contributed by atoms with E-state index in [1.54, 1.807) is 24.8 Å². The Balaban J connectivity index is 1.42. The number of rotatable bonds is 6. The topological polar surface area (TPSA) is 66.9 Å². The Morgan fingerprint density at radius 1 is 0.767 bits per heavy atom. The molecule has 1 aromatic carbocycles. The van der Waals surface area contributed by atoms with Crippen molar-refractivity contribution in [1.29, 1.82) is 0 Å². The molecular formula is C24H27N5O. The van der Waals surface area contributed by atoms with Crippen LogP contribution in [0.4, 0.5) is 0 Å². The summed E-state index contributed by atoms with van der Waals surface area (Å²) in [6.45, 7) is 4.11. The van der Waals surface area contributed by atoms with E-state index in [0.29, 0.717) is 0 Å². The highest BCUT2D eigenvalue weighted by Crippen LogP contribution is 2.21. The zero-order valence-corrected chi connectivity index (χ0v) is 17.1. The maximum Gasteiger partial charge on any atom is 0.119 e. The van der Waals surface area contributed by atoms with Crippen molar-refractivity contribution in [3.8, 4) is 28.0 Å². The predicted molar refractivity (Wildman–Crippen MR) is 118 cm³/mol. The average molecular weight is 402 g/mol. The molecular weight excluding hydrogens is 374 g/mol. The van der Waals surface area contributed by atoms with Crippen LogP contribution in [-0.4, -0.2) is 51.3 Å². The first-order valence-corrected chi connectivity index (χ1v) is 10.5. The Kier molecular flexibility index (Phi) is 7.02. The Bertz CT molecular complexity index is 964. The van der Waals surface area contributed by atoms with Gasteiger partial charge in [0.2, 0.25) is 0 Å². The highest BCUT2D eigenvalue weighted by molar-refractivity contribution is 5.63. The van der Waals surface area contributed by atoms with Crippen molar-refractivity contribution in [2.45, 2.75) is 19.3 Å². The molecule has 0 amide bonds. The van der Waals surface area contributed by atoms with E-state index < -0.39 is 0 Å². The number of piperidine rings is 1. The Labute approximate surface area is 177 Å². The smallest absolute Gasteiger partial charge is 0.119 e. The van der Waals surface area contributed by atoms with Gasteiger partial charge >= 0.3 is 0 Å². The van der Waals surface area contributed by atoms with E-state index in [2.05, 4.69) is 25.1 Å². The third kappa shape index (κ3) is 5.64. The van der Waals surface area contributed by atoms with Crippen LogP contribution >= 0.6 is 0 Å². The van der Waals surface area contributed by atoms with E-state index in [-0.39, 0.29) is 0 Å². The zero-order chi connectivity index (χ0) is 20.4. The number of nitrogens with one attached hydrogen (secondary N) is 1. The normalized spacial score (nSPS) is 14.1. The third-order valence-electron chi connectivity index (χ3n) is 5.26. The van der Waals surface area contributed by atoms with E-state index in [1.807, 2.05) is 48.8 Å². The highest BCUT2D eigenvalue weighted by Gasteiger charge is 2.09. The van der Waals surface area contributed by atoms with Crippen molar-refractivity contribution in [3.63, 3.8) is 0 Å². The fourth-order valence-electron chi connectivity index (χ4n) is 3.57. The van der Waals surface area contributed by atoms with Gasteiger partial charge in [-0.05, 0) is 61.3 Å². The molecule has 1 aliphatic heterocycles. The van der Waals surface area contributed by atoms with Gasteiger partial charge in [-0.2, -0.15) is 10.2 Å². The molecule has 0 radical (unpaired) electrons. The van der Waals surface area contributed by atoms with Gasteiger partial charge in [0.05, 0.1) is 12.4 Å². The van der Waals surface area contributed by atoms with Crippen molar-refractivity contribution in [1.82, 2.24) is 25.1 Å². The number of likely N-dealkylation sites (tertiary alicyclic amines) is 1. The molecule has 30 heavy (non-hydrogen) atoms. The fourth-order valence-corrected chi connectivity index (χ4v) is 3.57. The van der Waals surface area contributed by atoms with Gasteiger partial charge in [0.25, 0.3) is 0 Å². The summed E-state index contributed by atoms with van der Waals surface area (Å²) in [5, 5.41) is 8.36. The van der Waals surface area contributed by atoms with Crippen LogP contribution in [0, 0.1) is 0 Å².